The lowest BCUT2D eigenvalue weighted by atomic mass is 10.0. The first kappa shape index (κ1) is 80.4. The van der Waals surface area contributed by atoms with Crippen LogP contribution in [0.25, 0.3) is 0 Å². The van der Waals surface area contributed by atoms with E-state index < -0.39 is 26.6 Å². The molecule has 0 spiro atoms. The number of phosphoric ester groups is 1. The third-order valence-electron chi connectivity index (χ3n) is 14.6. The predicted octanol–water partition coefficient (Wildman–Crippen LogP) is 21.2. The maximum Gasteiger partial charge on any atom is 0.306 e. The molecule has 9 nitrogen and oxygen atoms in total. The summed E-state index contributed by atoms with van der Waals surface area (Å²) in [4.78, 5) is 40.1. The van der Waals surface area contributed by atoms with Gasteiger partial charge in [-0.25, -0.2) is 0 Å². The normalized spacial score (nSPS) is 14.3. The second kappa shape index (κ2) is 62.5. The van der Waals surface area contributed by atoms with Crippen LogP contribution in [0.1, 0.15) is 284 Å². The van der Waals surface area contributed by atoms with Gasteiger partial charge >= 0.3 is 5.97 Å². The molecule has 0 heterocycles. The van der Waals surface area contributed by atoms with Gasteiger partial charge < -0.3 is 28.5 Å². The van der Waals surface area contributed by atoms with Crippen molar-refractivity contribution in [3.05, 3.63) is 122 Å². The Labute approximate surface area is 518 Å². The summed E-state index contributed by atoms with van der Waals surface area (Å²) in [6.45, 7) is 6.68. The lowest BCUT2D eigenvalue weighted by Gasteiger charge is -2.30. The van der Waals surface area contributed by atoms with Crippen molar-refractivity contribution in [2.45, 2.75) is 296 Å². The molecule has 0 aliphatic carbocycles. The summed E-state index contributed by atoms with van der Waals surface area (Å²) in [6, 6.07) is -0.912. The van der Waals surface area contributed by atoms with Crippen molar-refractivity contribution in [1.29, 1.82) is 0 Å². The first-order valence-corrected chi connectivity index (χ1v) is 35.8. The van der Waals surface area contributed by atoms with E-state index in [2.05, 4.69) is 135 Å². The van der Waals surface area contributed by atoms with Crippen LogP contribution in [-0.4, -0.2) is 69.4 Å². The zero-order valence-electron chi connectivity index (χ0n) is 55.1. The van der Waals surface area contributed by atoms with Crippen LogP contribution in [0.15, 0.2) is 122 Å². The number of likely N-dealkylation sites (N-methyl/N-ethyl adjacent to an activating group) is 1. The lowest BCUT2D eigenvalue weighted by molar-refractivity contribution is -0.870. The van der Waals surface area contributed by atoms with Gasteiger partial charge in [-0.2, -0.15) is 0 Å². The quantitative estimate of drug-likeness (QED) is 0.0212. The number of esters is 1. The Morgan fingerprint density at radius 1 is 0.429 bits per heavy atom. The maximum absolute atomic E-state index is 13.6. The number of phosphoric acid groups is 1. The molecule has 0 saturated carbocycles. The lowest BCUT2D eigenvalue weighted by Crippen LogP contribution is -2.47. The van der Waals surface area contributed by atoms with E-state index in [0.717, 1.165) is 122 Å². The molecule has 3 atom stereocenters. The molecule has 0 aromatic carbocycles. The van der Waals surface area contributed by atoms with Gasteiger partial charge in [0.05, 0.1) is 33.8 Å². The first-order chi connectivity index (χ1) is 40.9. The Morgan fingerprint density at radius 3 is 1.18 bits per heavy atom. The fourth-order valence-electron chi connectivity index (χ4n) is 9.36. The van der Waals surface area contributed by atoms with Crippen molar-refractivity contribution in [1.82, 2.24) is 5.32 Å². The van der Waals surface area contributed by atoms with Gasteiger partial charge in [-0.05, 0) is 122 Å². The average Bonchev–Trinajstić information content (AvgIpc) is 3.64. The minimum atomic E-state index is -4.72. The summed E-state index contributed by atoms with van der Waals surface area (Å²) in [5.74, 6) is -0.583. The molecule has 1 N–H and O–H groups in total. The van der Waals surface area contributed by atoms with Gasteiger partial charge in [-0.1, -0.05) is 271 Å². The van der Waals surface area contributed by atoms with Crippen LogP contribution in [0.5, 0.6) is 0 Å². The highest BCUT2D eigenvalue weighted by Crippen LogP contribution is 2.38. The summed E-state index contributed by atoms with van der Waals surface area (Å²) >= 11 is 0. The van der Waals surface area contributed by atoms with Crippen molar-refractivity contribution in [3.63, 3.8) is 0 Å². The number of amides is 1. The molecular formula is C74H129N2O7P. The second-order valence-electron chi connectivity index (χ2n) is 23.9. The van der Waals surface area contributed by atoms with Crippen molar-refractivity contribution in [2.24, 2.45) is 0 Å². The highest BCUT2D eigenvalue weighted by molar-refractivity contribution is 7.45. The van der Waals surface area contributed by atoms with Crippen LogP contribution in [0.3, 0.4) is 0 Å². The molecule has 0 aromatic rings. The minimum Gasteiger partial charge on any atom is -0.756 e. The van der Waals surface area contributed by atoms with Crippen LogP contribution in [-0.2, 0) is 27.9 Å². The van der Waals surface area contributed by atoms with Gasteiger partial charge in [-0.3, -0.25) is 14.2 Å². The minimum absolute atomic E-state index is 0.0339. The summed E-state index contributed by atoms with van der Waals surface area (Å²) in [7, 11) is 1.15. The zero-order valence-corrected chi connectivity index (χ0v) is 56.0. The van der Waals surface area contributed by atoms with Crippen LogP contribution < -0.4 is 10.2 Å². The van der Waals surface area contributed by atoms with E-state index in [1.165, 1.54) is 122 Å². The van der Waals surface area contributed by atoms with Gasteiger partial charge in [-0.15, -0.1) is 0 Å². The Balaban J connectivity index is 5.15. The van der Waals surface area contributed by atoms with Crippen LogP contribution >= 0.6 is 7.82 Å². The Morgan fingerprint density at radius 2 is 0.762 bits per heavy atom. The third kappa shape index (κ3) is 62.9. The number of carbonyl (C=O) groups is 2. The zero-order chi connectivity index (χ0) is 61.4. The molecule has 0 radical (unpaired) electrons. The van der Waals surface area contributed by atoms with E-state index >= 15 is 0 Å². The topological polar surface area (TPSA) is 114 Å². The van der Waals surface area contributed by atoms with Gasteiger partial charge in [0.15, 0.2) is 0 Å². The number of quaternary nitrogens is 1. The highest BCUT2D eigenvalue weighted by Gasteiger charge is 2.27. The molecule has 0 bridgehead atoms. The Bertz CT molecular complexity index is 1850. The molecular weight excluding hydrogens is 1060 g/mol. The fourth-order valence-corrected chi connectivity index (χ4v) is 10.1. The maximum atomic E-state index is 13.6. The molecule has 482 valence electrons. The SMILES string of the molecule is CC/C=C\C/C=C\C/C=C\C/C=C\C/C=C\CCCCCCCCCCCCCC(=O)NC(COP(=O)([O-])OCC[N+](C)(C)C)C(/C=C\CCCCCCCCCCCC)OC(=O)CCCCC/C=C\C/C=C\C/C=C\C/C=C\CCCCC. The number of allylic oxidation sites excluding steroid dienone is 19. The van der Waals surface area contributed by atoms with Gasteiger partial charge in [0.2, 0.25) is 5.91 Å². The van der Waals surface area contributed by atoms with Gasteiger partial charge in [0.1, 0.15) is 19.3 Å². The summed E-state index contributed by atoms with van der Waals surface area (Å²) in [6.07, 6.45) is 87.4. The molecule has 3 unspecified atom stereocenters. The average molecular weight is 1190 g/mol. The molecule has 0 aliphatic rings. The number of ether oxygens (including phenoxy) is 1. The van der Waals surface area contributed by atoms with Gasteiger partial charge in [0, 0.05) is 12.8 Å². The highest BCUT2D eigenvalue weighted by atomic mass is 31.2. The van der Waals surface area contributed by atoms with Crippen molar-refractivity contribution in [2.75, 3.05) is 40.9 Å². The molecule has 0 aromatic heterocycles. The Kier molecular flexibility index (Phi) is 59.8. The fraction of sp³-hybridized carbons (Fsp3) is 0.703. The van der Waals surface area contributed by atoms with Crippen molar-refractivity contribution < 1.29 is 37.3 Å². The number of hydrogen-bond donors (Lipinski definition) is 1. The molecule has 84 heavy (non-hydrogen) atoms. The monoisotopic (exact) mass is 1190 g/mol. The number of nitrogens with zero attached hydrogens (tertiary/aromatic N) is 1. The van der Waals surface area contributed by atoms with Crippen molar-refractivity contribution >= 4 is 19.7 Å². The molecule has 0 saturated heterocycles. The van der Waals surface area contributed by atoms with E-state index in [1.54, 1.807) is 0 Å². The molecule has 10 heteroatoms. The standard InChI is InChI=1S/C74H129N2O7P/c1-7-10-13-16-19-22-25-28-30-32-34-35-36-37-38-39-40-41-43-44-46-48-51-54-57-60-63-66-73(77)75-71(70-82-84(79,80)81-69-68-76(4,5)6)72(65-62-59-56-53-50-27-24-21-18-15-12-9-3)83-74(78)67-64-61-58-55-52-49-47-45-42-33-31-29-26-23-20-17-14-11-8-2/h10,13,19-20,22-23,28-31,34-35,37-38,42,45,49,52,62,65,71-72H,7-9,11-12,14-18,21,24-27,32-33,36,39-41,43-44,46-48,50-51,53-61,63-64,66-70H2,1-6H3,(H-,75,77,79,80)/b13-10-,22-19-,23-20-,30-28-,31-29-,35-34-,38-37-,45-42-,52-49-,65-62-. The van der Waals surface area contributed by atoms with Crippen molar-refractivity contribution in [3.8, 4) is 0 Å². The van der Waals surface area contributed by atoms with E-state index in [0.29, 0.717) is 23.9 Å². The number of hydrogen-bond acceptors (Lipinski definition) is 7. The number of rotatable bonds is 61. The predicted molar refractivity (Wildman–Crippen MR) is 362 cm³/mol. The molecule has 0 fully saturated rings. The molecule has 1 amide bonds. The van der Waals surface area contributed by atoms with Crippen LogP contribution in [0, 0.1) is 0 Å². The Hall–Kier alpha value is -3.59. The first-order valence-electron chi connectivity index (χ1n) is 34.3. The summed E-state index contributed by atoms with van der Waals surface area (Å²) in [5, 5.41) is 3.03. The van der Waals surface area contributed by atoms with Crippen LogP contribution in [0.2, 0.25) is 0 Å². The molecule has 0 rings (SSSR count). The molecule has 0 aliphatic heterocycles. The third-order valence-corrected chi connectivity index (χ3v) is 15.6. The van der Waals surface area contributed by atoms with Crippen LogP contribution in [0.4, 0.5) is 0 Å². The van der Waals surface area contributed by atoms with E-state index in [1.807, 2.05) is 33.3 Å². The van der Waals surface area contributed by atoms with E-state index in [9.17, 15) is 19.0 Å². The van der Waals surface area contributed by atoms with Gasteiger partial charge in [0.25, 0.3) is 7.82 Å². The van der Waals surface area contributed by atoms with E-state index in [4.69, 9.17) is 13.8 Å². The summed E-state index contributed by atoms with van der Waals surface area (Å²) in [5.41, 5.74) is 0. The summed E-state index contributed by atoms with van der Waals surface area (Å²) < 4.78 is 30.4. The largest absolute Gasteiger partial charge is 0.756 e. The second-order valence-corrected chi connectivity index (χ2v) is 25.4. The number of nitrogens with one attached hydrogen (secondary N) is 1. The number of carbonyl (C=O) groups excluding carboxylic acids is 2. The smallest absolute Gasteiger partial charge is 0.306 e. The van der Waals surface area contributed by atoms with E-state index in [-0.39, 0.29) is 24.9 Å². The number of unbranched alkanes of at least 4 members (excludes halogenated alkanes) is 27.